The van der Waals surface area contributed by atoms with Gasteiger partial charge < -0.3 is 19.7 Å². The Labute approximate surface area is 193 Å². The molecule has 174 valence electrons. The topological polar surface area (TPSA) is 50.8 Å². The Bertz CT molecular complexity index is 861. The van der Waals surface area contributed by atoms with Gasteiger partial charge in [-0.05, 0) is 73.7 Å². The summed E-state index contributed by atoms with van der Waals surface area (Å²) >= 11 is 0. The smallest absolute Gasteiger partial charge is 0.251 e. The molecule has 0 heterocycles. The summed E-state index contributed by atoms with van der Waals surface area (Å²) in [5.74, 6) is 1.39. The molecule has 2 aromatic carbocycles. The van der Waals surface area contributed by atoms with Crippen LogP contribution in [0.4, 0.5) is 0 Å². The second-order valence-corrected chi connectivity index (χ2v) is 9.66. The number of ether oxygens (including phenoxy) is 2. The zero-order chi connectivity index (χ0) is 23.0. The van der Waals surface area contributed by atoms with E-state index in [4.69, 9.17) is 9.47 Å². The minimum absolute atomic E-state index is 0.00519. The molecule has 0 bridgehead atoms. The maximum absolute atomic E-state index is 12.6. The van der Waals surface area contributed by atoms with Gasteiger partial charge in [0.15, 0.2) is 0 Å². The number of amides is 1. The summed E-state index contributed by atoms with van der Waals surface area (Å²) in [5, 5.41) is 3.14. The van der Waals surface area contributed by atoms with Crippen molar-refractivity contribution in [3.8, 4) is 16.9 Å². The Balaban J connectivity index is 1.49. The molecule has 0 saturated heterocycles. The standard InChI is InChI=1S/C27H38N2O3/c1-27(2)14-6-8-24(27)20-28-26(30)22-12-10-21(11-13-22)23-7-5-9-25(19-23)32-18-17-31-16-15-29(3)4/h5,7,9-13,19,24H,6,8,14-18,20H2,1-4H3,(H,28,30). The first kappa shape index (κ1) is 24.3. The van der Waals surface area contributed by atoms with Gasteiger partial charge in [0.2, 0.25) is 0 Å². The number of carbonyl (C=O) groups is 1. The van der Waals surface area contributed by atoms with Crippen molar-refractivity contribution in [1.82, 2.24) is 10.2 Å². The summed E-state index contributed by atoms with van der Waals surface area (Å²) in [4.78, 5) is 14.7. The number of nitrogens with zero attached hydrogens (tertiary/aromatic N) is 1. The average Bonchev–Trinajstić information content (AvgIpc) is 3.12. The normalized spacial score (nSPS) is 17.5. The molecular weight excluding hydrogens is 400 g/mol. The highest BCUT2D eigenvalue weighted by atomic mass is 16.5. The van der Waals surface area contributed by atoms with E-state index in [0.29, 0.717) is 36.7 Å². The van der Waals surface area contributed by atoms with E-state index in [1.165, 1.54) is 19.3 Å². The molecule has 1 amide bonds. The van der Waals surface area contributed by atoms with Crippen LogP contribution < -0.4 is 10.1 Å². The van der Waals surface area contributed by atoms with Crippen LogP contribution in [0, 0.1) is 11.3 Å². The molecule has 32 heavy (non-hydrogen) atoms. The van der Waals surface area contributed by atoms with Crippen molar-refractivity contribution in [2.45, 2.75) is 33.1 Å². The highest BCUT2D eigenvalue weighted by Crippen LogP contribution is 2.42. The molecule has 0 spiro atoms. The number of carbonyl (C=O) groups excluding carboxylic acids is 1. The van der Waals surface area contributed by atoms with Gasteiger partial charge >= 0.3 is 0 Å². The number of benzene rings is 2. The average molecular weight is 439 g/mol. The number of likely N-dealkylation sites (N-methyl/N-ethyl adjacent to an activating group) is 1. The van der Waals surface area contributed by atoms with Crippen molar-refractivity contribution >= 4 is 5.91 Å². The first-order valence-corrected chi connectivity index (χ1v) is 11.7. The molecule has 2 aromatic rings. The van der Waals surface area contributed by atoms with E-state index < -0.39 is 0 Å². The summed E-state index contributed by atoms with van der Waals surface area (Å²) in [5.41, 5.74) is 3.15. The summed E-state index contributed by atoms with van der Waals surface area (Å²) in [6, 6.07) is 15.8. The Kier molecular flexibility index (Phi) is 8.71. The highest BCUT2D eigenvalue weighted by molar-refractivity contribution is 5.94. The number of hydrogen-bond donors (Lipinski definition) is 1. The molecule has 0 aromatic heterocycles. The van der Waals surface area contributed by atoms with Gasteiger partial charge in [0.25, 0.3) is 5.91 Å². The zero-order valence-electron chi connectivity index (χ0n) is 20.0. The molecule has 1 saturated carbocycles. The van der Waals surface area contributed by atoms with Crippen LogP contribution in [0.15, 0.2) is 48.5 Å². The van der Waals surface area contributed by atoms with Crippen molar-refractivity contribution in [2.75, 3.05) is 47.0 Å². The predicted molar refractivity (Wildman–Crippen MR) is 130 cm³/mol. The summed E-state index contributed by atoms with van der Waals surface area (Å²) < 4.78 is 11.4. The fourth-order valence-corrected chi connectivity index (χ4v) is 4.24. The third-order valence-electron chi connectivity index (χ3n) is 6.48. The van der Waals surface area contributed by atoms with Crippen LogP contribution in [0.3, 0.4) is 0 Å². The van der Waals surface area contributed by atoms with Crippen LogP contribution in [-0.4, -0.2) is 57.8 Å². The van der Waals surface area contributed by atoms with Crippen LogP contribution in [0.5, 0.6) is 5.75 Å². The van der Waals surface area contributed by atoms with Crippen molar-refractivity contribution in [3.05, 3.63) is 54.1 Å². The molecule has 5 heteroatoms. The van der Waals surface area contributed by atoms with Gasteiger partial charge in [-0.2, -0.15) is 0 Å². The van der Waals surface area contributed by atoms with Crippen molar-refractivity contribution in [2.24, 2.45) is 11.3 Å². The third kappa shape index (κ3) is 7.07. The molecule has 1 aliphatic rings. The maximum Gasteiger partial charge on any atom is 0.251 e. The fourth-order valence-electron chi connectivity index (χ4n) is 4.24. The van der Waals surface area contributed by atoms with Gasteiger partial charge in [0.05, 0.1) is 13.2 Å². The highest BCUT2D eigenvalue weighted by Gasteiger charge is 2.34. The molecule has 1 N–H and O–H groups in total. The molecule has 1 aliphatic carbocycles. The number of nitrogens with one attached hydrogen (secondary N) is 1. The Morgan fingerprint density at radius 3 is 2.53 bits per heavy atom. The first-order chi connectivity index (χ1) is 15.3. The first-order valence-electron chi connectivity index (χ1n) is 11.7. The van der Waals surface area contributed by atoms with Gasteiger partial charge in [0, 0.05) is 18.7 Å². The van der Waals surface area contributed by atoms with Gasteiger partial charge in [-0.1, -0.05) is 44.5 Å². The monoisotopic (exact) mass is 438 g/mol. The molecule has 3 rings (SSSR count). The van der Waals surface area contributed by atoms with Crippen molar-refractivity contribution in [3.63, 3.8) is 0 Å². The molecule has 0 aliphatic heterocycles. The zero-order valence-corrected chi connectivity index (χ0v) is 20.0. The van der Waals surface area contributed by atoms with Crippen LogP contribution in [0.2, 0.25) is 0 Å². The van der Waals surface area contributed by atoms with Crippen LogP contribution in [-0.2, 0) is 4.74 Å². The van der Waals surface area contributed by atoms with E-state index in [-0.39, 0.29) is 5.91 Å². The Hall–Kier alpha value is -2.37. The lowest BCUT2D eigenvalue weighted by Gasteiger charge is -2.27. The van der Waals surface area contributed by atoms with Gasteiger partial charge in [-0.15, -0.1) is 0 Å². The third-order valence-corrected chi connectivity index (χ3v) is 6.48. The van der Waals surface area contributed by atoms with Crippen LogP contribution in [0.1, 0.15) is 43.5 Å². The maximum atomic E-state index is 12.6. The lowest BCUT2D eigenvalue weighted by Crippen LogP contribution is -2.33. The van der Waals surface area contributed by atoms with Gasteiger partial charge in [0.1, 0.15) is 12.4 Å². The van der Waals surface area contributed by atoms with E-state index in [2.05, 4.69) is 30.1 Å². The molecule has 0 radical (unpaired) electrons. The second-order valence-electron chi connectivity index (χ2n) is 9.66. The second kappa shape index (κ2) is 11.5. The quantitative estimate of drug-likeness (QED) is 0.509. The van der Waals surface area contributed by atoms with E-state index in [0.717, 1.165) is 30.0 Å². The Morgan fingerprint density at radius 2 is 1.84 bits per heavy atom. The van der Waals surface area contributed by atoms with E-state index in [9.17, 15) is 4.79 Å². The number of hydrogen-bond acceptors (Lipinski definition) is 4. The van der Waals surface area contributed by atoms with Crippen LogP contribution >= 0.6 is 0 Å². The molecule has 1 unspecified atom stereocenters. The summed E-state index contributed by atoms with van der Waals surface area (Å²) in [7, 11) is 4.06. The Morgan fingerprint density at radius 1 is 1.06 bits per heavy atom. The minimum Gasteiger partial charge on any atom is -0.491 e. The molecule has 1 fully saturated rings. The fraction of sp³-hybridized carbons (Fsp3) is 0.519. The lowest BCUT2D eigenvalue weighted by atomic mass is 9.82. The van der Waals surface area contributed by atoms with E-state index in [1.807, 2.05) is 56.6 Å². The molecule has 1 atom stereocenters. The predicted octanol–water partition coefficient (Wildman–Crippen LogP) is 4.87. The SMILES string of the molecule is CN(C)CCOCCOc1cccc(-c2ccc(C(=O)NCC3CCCC3(C)C)cc2)c1. The van der Waals surface area contributed by atoms with E-state index >= 15 is 0 Å². The molecular formula is C27H38N2O3. The summed E-state index contributed by atoms with van der Waals surface area (Å²) in [6.45, 7) is 8.07. The largest absolute Gasteiger partial charge is 0.491 e. The lowest BCUT2D eigenvalue weighted by molar-refractivity contribution is 0.0890. The number of rotatable bonds is 11. The van der Waals surface area contributed by atoms with Crippen molar-refractivity contribution in [1.29, 1.82) is 0 Å². The summed E-state index contributed by atoms with van der Waals surface area (Å²) in [6.07, 6.45) is 3.70. The van der Waals surface area contributed by atoms with Gasteiger partial charge in [-0.3, -0.25) is 4.79 Å². The van der Waals surface area contributed by atoms with E-state index in [1.54, 1.807) is 0 Å². The van der Waals surface area contributed by atoms with Crippen molar-refractivity contribution < 1.29 is 14.3 Å². The van der Waals surface area contributed by atoms with Crippen LogP contribution in [0.25, 0.3) is 11.1 Å². The molecule has 5 nitrogen and oxygen atoms in total. The minimum atomic E-state index is 0.00519. The van der Waals surface area contributed by atoms with Gasteiger partial charge in [-0.25, -0.2) is 0 Å².